The molecule has 2 aromatic heterocycles. The third-order valence-electron chi connectivity index (χ3n) is 2.82. The molecule has 0 atom stereocenters. The van der Waals surface area contributed by atoms with Crippen molar-refractivity contribution in [3.05, 3.63) is 23.7 Å². The van der Waals surface area contributed by atoms with Crippen molar-refractivity contribution in [2.75, 3.05) is 11.9 Å². The van der Waals surface area contributed by atoms with Gasteiger partial charge >= 0.3 is 0 Å². The van der Waals surface area contributed by atoms with Crippen LogP contribution in [0.1, 0.15) is 45.6 Å². The highest BCUT2D eigenvalue weighted by molar-refractivity contribution is 5.40. The van der Waals surface area contributed by atoms with Gasteiger partial charge in [-0.1, -0.05) is 27.7 Å². The van der Waals surface area contributed by atoms with Crippen molar-refractivity contribution in [2.45, 2.75) is 46.5 Å². The minimum atomic E-state index is -0.149. The Bertz CT molecular complexity index is 600. The SMILES string of the molecule is CCCNc1cc(Oc2cc(C)[nH]n2)nc(C(C)(C)C)n1. The van der Waals surface area contributed by atoms with E-state index in [9.17, 15) is 0 Å². The quantitative estimate of drug-likeness (QED) is 0.882. The first kappa shape index (κ1) is 15.3. The van der Waals surface area contributed by atoms with E-state index in [1.54, 1.807) is 6.07 Å². The number of rotatable bonds is 5. The first-order chi connectivity index (χ1) is 9.88. The zero-order valence-electron chi connectivity index (χ0n) is 13.3. The van der Waals surface area contributed by atoms with E-state index in [1.807, 2.05) is 13.0 Å². The maximum Gasteiger partial charge on any atom is 0.240 e. The number of aryl methyl sites for hydroxylation is 1. The summed E-state index contributed by atoms with van der Waals surface area (Å²) in [4.78, 5) is 9.05. The standard InChI is InChI=1S/C15H23N5O/c1-6-7-16-11-9-12(18-14(17-11)15(3,4)5)21-13-8-10(2)19-20-13/h8-9H,6-7H2,1-5H3,(H,19,20)(H,16,17,18). The van der Waals surface area contributed by atoms with Crippen molar-refractivity contribution in [3.8, 4) is 11.8 Å². The van der Waals surface area contributed by atoms with E-state index in [-0.39, 0.29) is 5.41 Å². The molecule has 0 fully saturated rings. The number of anilines is 1. The lowest BCUT2D eigenvalue weighted by Gasteiger charge is -2.18. The highest BCUT2D eigenvalue weighted by Crippen LogP contribution is 2.25. The van der Waals surface area contributed by atoms with Crippen LogP contribution < -0.4 is 10.1 Å². The molecule has 0 saturated heterocycles. The van der Waals surface area contributed by atoms with E-state index in [2.05, 4.69) is 53.2 Å². The van der Waals surface area contributed by atoms with Crippen molar-refractivity contribution in [3.63, 3.8) is 0 Å². The molecule has 0 radical (unpaired) electrons. The van der Waals surface area contributed by atoms with Crippen LogP contribution in [0.5, 0.6) is 11.8 Å². The predicted octanol–water partition coefficient (Wildman–Crippen LogP) is 3.42. The van der Waals surface area contributed by atoms with Crippen molar-refractivity contribution >= 4 is 5.82 Å². The van der Waals surface area contributed by atoms with Gasteiger partial charge in [0, 0.05) is 29.8 Å². The Morgan fingerprint density at radius 3 is 2.52 bits per heavy atom. The number of ether oxygens (including phenoxy) is 1. The summed E-state index contributed by atoms with van der Waals surface area (Å²) in [5.74, 6) is 2.53. The molecule has 114 valence electrons. The third kappa shape index (κ3) is 4.18. The van der Waals surface area contributed by atoms with Crippen LogP contribution in [0.25, 0.3) is 0 Å². The molecule has 2 heterocycles. The Morgan fingerprint density at radius 2 is 1.95 bits per heavy atom. The molecule has 21 heavy (non-hydrogen) atoms. The highest BCUT2D eigenvalue weighted by atomic mass is 16.5. The fraction of sp³-hybridized carbons (Fsp3) is 0.533. The molecule has 2 rings (SSSR count). The summed E-state index contributed by atoms with van der Waals surface area (Å²) in [6.45, 7) is 11.1. The molecule has 2 aromatic rings. The van der Waals surface area contributed by atoms with Crippen LogP contribution in [-0.2, 0) is 5.41 Å². The normalized spacial score (nSPS) is 11.5. The Hall–Kier alpha value is -2.11. The molecule has 0 aliphatic carbocycles. The predicted molar refractivity (Wildman–Crippen MR) is 82.9 cm³/mol. The molecule has 0 unspecified atom stereocenters. The minimum Gasteiger partial charge on any atom is -0.419 e. The lowest BCUT2D eigenvalue weighted by atomic mass is 9.96. The van der Waals surface area contributed by atoms with Crippen LogP contribution in [0.3, 0.4) is 0 Å². The van der Waals surface area contributed by atoms with Gasteiger partial charge in [0.25, 0.3) is 0 Å². The maximum atomic E-state index is 5.72. The van der Waals surface area contributed by atoms with Gasteiger partial charge in [-0.05, 0) is 13.3 Å². The molecule has 0 aliphatic rings. The van der Waals surface area contributed by atoms with Gasteiger partial charge in [0.05, 0.1) is 0 Å². The monoisotopic (exact) mass is 289 g/mol. The van der Waals surface area contributed by atoms with E-state index in [1.165, 1.54) is 0 Å². The van der Waals surface area contributed by atoms with Gasteiger partial charge in [-0.15, -0.1) is 5.10 Å². The molecule has 0 amide bonds. The first-order valence-electron chi connectivity index (χ1n) is 7.22. The van der Waals surface area contributed by atoms with Gasteiger partial charge in [0.15, 0.2) is 0 Å². The second-order valence-corrected chi connectivity index (χ2v) is 6.08. The second-order valence-electron chi connectivity index (χ2n) is 6.08. The number of hydrogen-bond acceptors (Lipinski definition) is 5. The molecule has 0 spiro atoms. The second kappa shape index (κ2) is 6.11. The van der Waals surface area contributed by atoms with E-state index in [0.29, 0.717) is 11.8 Å². The van der Waals surface area contributed by atoms with Crippen molar-refractivity contribution in [1.82, 2.24) is 20.2 Å². The largest absolute Gasteiger partial charge is 0.419 e. The van der Waals surface area contributed by atoms with Crippen LogP contribution in [0.4, 0.5) is 5.82 Å². The van der Waals surface area contributed by atoms with E-state index >= 15 is 0 Å². The fourth-order valence-electron chi connectivity index (χ4n) is 1.71. The topological polar surface area (TPSA) is 75.7 Å². The van der Waals surface area contributed by atoms with Gasteiger partial charge in [-0.2, -0.15) is 4.98 Å². The Labute approximate surface area is 125 Å². The molecular formula is C15H23N5O. The van der Waals surface area contributed by atoms with Crippen molar-refractivity contribution < 1.29 is 4.74 Å². The van der Waals surface area contributed by atoms with Crippen LogP contribution >= 0.6 is 0 Å². The van der Waals surface area contributed by atoms with E-state index in [0.717, 1.165) is 30.3 Å². The first-order valence-corrected chi connectivity index (χ1v) is 7.22. The summed E-state index contributed by atoms with van der Waals surface area (Å²) in [6, 6.07) is 3.63. The fourth-order valence-corrected chi connectivity index (χ4v) is 1.71. The van der Waals surface area contributed by atoms with Crippen molar-refractivity contribution in [2.24, 2.45) is 0 Å². The molecule has 0 saturated carbocycles. The van der Waals surface area contributed by atoms with Gasteiger partial charge in [-0.3, -0.25) is 5.10 Å². The van der Waals surface area contributed by atoms with Crippen LogP contribution in [0.15, 0.2) is 12.1 Å². The van der Waals surface area contributed by atoms with Crippen LogP contribution in [-0.4, -0.2) is 26.7 Å². The highest BCUT2D eigenvalue weighted by Gasteiger charge is 2.20. The Balaban J connectivity index is 2.30. The number of aromatic nitrogens is 4. The summed E-state index contributed by atoms with van der Waals surface area (Å²) in [7, 11) is 0. The van der Waals surface area contributed by atoms with E-state index < -0.39 is 0 Å². The molecule has 0 bridgehead atoms. The van der Waals surface area contributed by atoms with E-state index in [4.69, 9.17) is 4.74 Å². The summed E-state index contributed by atoms with van der Waals surface area (Å²) in [5.41, 5.74) is 0.795. The van der Waals surface area contributed by atoms with Gasteiger partial charge < -0.3 is 10.1 Å². The number of hydrogen-bond donors (Lipinski definition) is 2. The summed E-state index contributed by atoms with van der Waals surface area (Å²) >= 11 is 0. The zero-order valence-corrected chi connectivity index (χ0v) is 13.3. The molecule has 0 aromatic carbocycles. The average Bonchev–Trinajstić information content (AvgIpc) is 2.80. The molecule has 6 nitrogen and oxygen atoms in total. The lowest BCUT2D eigenvalue weighted by molar-refractivity contribution is 0.430. The lowest BCUT2D eigenvalue weighted by Crippen LogP contribution is -2.17. The summed E-state index contributed by atoms with van der Waals surface area (Å²) in [5, 5.41) is 10.2. The number of aromatic amines is 1. The number of nitrogens with one attached hydrogen (secondary N) is 2. The molecule has 6 heteroatoms. The number of H-pyrrole nitrogens is 1. The summed E-state index contributed by atoms with van der Waals surface area (Å²) < 4.78 is 5.72. The smallest absolute Gasteiger partial charge is 0.240 e. The Morgan fingerprint density at radius 1 is 1.19 bits per heavy atom. The minimum absolute atomic E-state index is 0.149. The zero-order chi connectivity index (χ0) is 15.5. The molecule has 2 N–H and O–H groups in total. The van der Waals surface area contributed by atoms with Crippen LogP contribution in [0, 0.1) is 6.92 Å². The average molecular weight is 289 g/mol. The van der Waals surface area contributed by atoms with Crippen molar-refractivity contribution in [1.29, 1.82) is 0 Å². The maximum absolute atomic E-state index is 5.72. The van der Waals surface area contributed by atoms with Crippen LogP contribution in [0.2, 0.25) is 0 Å². The molecular weight excluding hydrogens is 266 g/mol. The Kier molecular flexibility index (Phi) is 4.45. The molecule has 0 aliphatic heterocycles. The van der Waals surface area contributed by atoms with Gasteiger partial charge in [0.2, 0.25) is 11.8 Å². The third-order valence-corrected chi connectivity index (χ3v) is 2.82. The number of nitrogens with zero attached hydrogens (tertiary/aromatic N) is 3. The summed E-state index contributed by atoms with van der Waals surface area (Å²) in [6.07, 6.45) is 1.03. The van der Waals surface area contributed by atoms with Gasteiger partial charge in [0.1, 0.15) is 11.6 Å². The van der Waals surface area contributed by atoms with Gasteiger partial charge in [-0.25, -0.2) is 4.98 Å².